The summed E-state index contributed by atoms with van der Waals surface area (Å²) in [7, 11) is 0. The van der Waals surface area contributed by atoms with Gasteiger partial charge in [-0.1, -0.05) is 35.5 Å². The zero-order valence-electron chi connectivity index (χ0n) is 9.17. The summed E-state index contributed by atoms with van der Waals surface area (Å²) < 4.78 is 4.73. The largest absolute Gasteiger partial charge is 0.351 e. The molecule has 0 aliphatic heterocycles. The molecule has 5 heteroatoms. The van der Waals surface area contributed by atoms with E-state index in [2.05, 4.69) is 10.5 Å². The van der Waals surface area contributed by atoms with Gasteiger partial charge in [0.1, 0.15) is 0 Å². The normalized spacial score (nSPS) is 12.1. The van der Waals surface area contributed by atoms with Crippen LogP contribution < -0.4 is 11.1 Å². The number of rotatable bonds is 4. The zero-order chi connectivity index (χ0) is 12.1. The fraction of sp³-hybridized carbons (Fsp3) is 0.167. The zero-order valence-corrected chi connectivity index (χ0v) is 9.17. The van der Waals surface area contributed by atoms with Crippen LogP contribution in [0.15, 0.2) is 47.1 Å². The number of benzene rings is 1. The van der Waals surface area contributed by atoms with Crippen molar-refractivity contribution in [3.8, 4) is 0 Å². The highest BCUT2D eigenvalue weighted by molar-refractivity contribution is 5.91. The van der Waals surface area contributed by atoms with Crippen molar-refractivity contribution >= 4 is 5.91 Å². The lowest BCUT2D eigenvalue weighted by atomic mass is 10.1. The average Bonchev–Trinajstić information content (AvgIpc) is 2.90. The van der Waals surface area contributed by atoms with Gasteiger partial charge in [0.15, 0.2) is 0 Å². The van der Waals surface area contributed by atoms with E-state index in [0.29, 0.717) is 6.54 Å². The molecular weight excluding hydrogens is 218 g/mol. The maximum Gasteiger partial charge on any atom is 0.289 e. The van der Waals surface area contributed by atoms with Crippen LogP contribution in [0.4, 0.5) is 0 Å². The number of hydrogen-bond donors (Lipinski definition) is 2. The molecule has 0 fully saturated rings. The third-order valence-electron chi connectivity index (χ3n) is 2.37. The molecule has 1 aromatic heterocycles. The van der Waals surface area contributed by atoms with Gasteiger partial charge in [-0.05, 0) is 5.56 Å². The molecule has 0 saturated heterocycles. The predicted octanol–water partition coefficient (Wildman–Crippen LogP) is 1.10. The van der Waals surface area contributed by atoms with Crippen LogP contribution in [0, 0.1) is 0 Å². The fourth-order valence-corrected chi connectivity index (χ4v) is 1.44. The summed E-state index contributed by atoms with van der Waals surface area (Å²) in [6.45, 7) is 0.351. The van der Waals surface area contributed by atoms with Crippen molar-refractivity contribution in [2.24, 2.45) is 5.73 Å². The first-order valence-corrected chi connectivity index (χ1v) is 5.27. The van der Waals surface area contributed by atoms with E-state index in [4.69, 9.17) is 10.3 Å². The number of carbonyl (C=O) groups excluding carboxylic acids is 1. The smallest absolute Gasteiger partial charge is 0.289 e. The first-order chi connectivity index (χ1) is 8.27. The first kappa shape index (κ1) is 11.3. The first-order valence-electron chi connectivity index (χ1n) is 5.27. The van der Waals surface area contributed by atoms with Crippen molar-refractivity contribution in [2.45, 2.75) is 6.04 Å². The number of amides is 1. The van der Waals surface area contributed by atoms with Gasteiger partial charge < -0.3 is 15.6 Å². The van der Waals surface area contributed by atoms with Crippen molar-refractivity contribution < 1.29 is 9.32 Å². The van der Waals surface area contributed by atoms with Gasteiger partial charge in [0.25, 0.3) is 5.91 Å². The van der Waals surface area contributed by atoms with E-state index in [1.807, 2.05) is 30.3 Å². The minimum absolute atomic E-state index is 0.185. The van der Waals surface area contributed by atoms with Crippen molar-refractivity contribution in [1.29, 1.82) is 0 Å². The lowest BCUT2D eigenvalue weighted by molar-refractivity contribution is 0.0914. The van der Waals surface area contributed by atoms with Crippen molar-refractivity contribution in [2.75, 3.05) is 6.54 Å². The van der Waals surface area contributed by atoms with Crippen molar-refractivity contribution in [3.63, 3.8) is 0 Å². The van der Waals surface area contributed by atoms with Gasteiger partial charge in [-0.2, -0.15) is 0 Å². The Morgan fingerprint density at radius 2 is 2.12 bits per heavy atom. The SMILES string of the molecule is NC(CNC(=O)c1ccno1)c1ccccc1. The monoisotopic (exact) mass is 231 g/mol. The lowest BCUT2D eigenvalue weighted by Gasteiger charge is -2.12. The van der Waals surface area contributed by atoms with E-state index in [0.717, 1.165) is 5.56 Å². The third kappa shape index (κ3) is 2.92. The Balaban J connectivity index is 1.89. The molecular formula is C12H13N3O2. The van der Waals surface area contributed by atoms with Crippen molar-refractivity contribution in [3.05, 3.63) is 53.9 Å². The molecule has 88 valence electrons. The summed E-state index contributed by atoms with van der Waals surface area (Å²) in [5.74, 6) is -0.126. The minimum Gasteiger partial charge on any atom is -0.351 e. The second-order valence-corrected chi connectivity index (χ2v) is 3.60. The quantitative estimate of drug-likeness (QED) is 0.825. The molecule has 0 spiro atoms. The molecule has 1 aromatic carbocycles. The summed E-state index contributed by atoms with van der Waals surface area (Å²) in [6, 6.07) is 10.9. The van der Waals surface area contributed by atoms with Crippen LogP contribution in [0.1, 0.15) is 22.2 Å². The van der Waals surface area contributed by atoms with Crippen LogP contribution >= 0.6 is 0 Å². The van der Waals surface area contributed by atoms with Gasteiger partial charge in [-0.3, -0.25) is 4.79 Å². The minimum atomic E-state index is -0.311. The molecule has 5 nitrogen and oxygen atoms in total. The maximum atomic E-state index is 11.5. The van der Waals surface area contributed by atoms with Crippen LogP contribution in [-0.2, 0) is 0 Å². The Labute approximate surface area is 98.6 Å². The van der Waals surface area contributed by atoms with Gasteiger partial charge in [0.05, 0.1) is 6.20 Å². The standard InChI is InChI=1S/C12H13N3O2/c13-10(9-4-2-1-3-5-9)8-14-12(16)11-6-7-15-17-11/h1-7,10H,8,13H2,(H,14,16). The molecule has 17 heavy (non-hydrogen) atoms. The van der Waals surface area contributed by atoms with Crippen LogP contribution in [0.2, 0.25) is 0 Å². The summed E-state index contributed by atoms with van der Waals surface area (Å²) in [4.78, 5) is 11.5. The molecule has 1 atom stereocenters. The van der Waals surface area contributed by atoms with Gasteiger partial charge in [-0.25, -0.2) is 0 Å². The van der Waals surface area contributed by atoms with Crippen LogP contribution in [0.25, 0.3) is 0 Å². The molecule has 0 saturated carbocycles. The van der Waals surface area contributed by atoms with E-state index in [-0.39, 0.29) is 17.7 Å². The number of nitrogens with two attached hydrogens (primary N) is 1. The number of aromatic nitrogens is 1. The highest BCUT2D eigenvalue weighted by atomic mass is 16.5. The number of carbonyl (C=O) groups is 1. The fourth-order valence-electron chi connectivity index (χ4n) is 1.44. The van der Waals surface area contributed by atoms with E-state index >= 15 is 0 Å². The second kappa shape index (κ2) is 5.27. The molecule has 2 aromatic rings. The van der Waals surface area contributed by atoms with E-state index in [1.54, 1.807) is 0 Å². The average molecular weight is 231 g/mol. The predicted molar refractivity (Wildman–Crippen MR) is 62.2 cm³/mol. The Kier molecular flexibility index (Phi) is 3.52. The molecule has 0 aliphatic rings. The maximum absolute atomic E-state index is 11.5. The number of nitrogens with one attached hydrogen (secondary N) is 1. The molecule has 0 radical (unpaired) electrons. The molecule has 3 N–H and O–H groups in total. The molecule has 0 aliphatic carbocycles. The highest BCUT2D eigenvalue weighted by Crippen LogP contribution is 2.08. The van der Waals surface area contributed by atoms with E-state index in [9.17, 15) is 4.79 Å². The Morgan fingerprint density at radius 3 is 2.76 bits per heavy atom. The number of nitrogens with zero attached hydrogens (tertiary/aromatic N) is 1. The summed E-state index contributed by atoms with van der Waals surface area (Å²) >= 11 is 0. The molecule has 1 amide bonds. The molecule has 0 bridgehead atoms. The Morgan fingerprint density at radius 1 is 1.35 bits per heavy atom. The summed E-state index contributed by atoms with van der Waals surface area (Å²) in [5.41, 5.74) is 6.91. The topological polar surface area (TPSA) is 81.1 Å². The van der Waals surface area contributed by atoms with Crippen LogP contribution in [0.5, 0.6) is 0 Å². The highest BCUT2D eigenvalue weighted by Gasteiger charge is 2.11. The van der Waals surface area contributed by atoms with E-state index in [1.165, 1.54) is 12.3 Å². The van der Waals surface area contributed by atoms with E-state index < -0.39 is 0 Å². The van der Waals surface area contributed by atoms with Gasteiger partial charge in [0, 0.05) is 18.7 Å². The third-order valence-corrected chi connectivity index (χ3v) is 2.37. The molecule has 2 rings (SSSR count). The van der Waals surface area contributed by atoms with Gasteiger partial charge >= 0.3 is 0 Å². The van der Waals surface area contributed by atoms with Crippen LogP contribution in [-0.4, -0.2) is 17.6 Å². The van der Waals surface area contributed by atoms with Crippen molar-refractivity contribution in [1.82, 2.24) is 10.5 Å². The Hall–Kier alpha value is -2.14. The summed E-state index contributed by atoms with van der Waals surface area (Å²) in [5, 5.41) is 6.15. The summed E-state index contributed by atoms with van der Waals surface area (Å²) in [6.07, 6.45) is 1.42. The Bertz CT molecular complexity index is 468. The second-order valence-electron chi connectivity index (χ2n) is 3.60. The number of hydrogen-bond acceptors (Lipinski definition) is 4. The lowest BCUT2D eigenvalue weighted by Crippen LogP contribution is -2.31. The van der Waals surface area contributed by atoms with Gasteiger partial charge in [-0.15, -0.1) is 0 Å². The molecule has 1 unspecified atom stereocenters. The van der Waals surface area contributed by atoms with Gasteiger partial charge in [0.2, 0.25) is 5.76 Å². The van der Waals surface area contributed by atoms with Crippen LogP contribution in [0.3, 0.4) is 0 Å². The molecule has 1 heterocycles.